The van der Waals surface area contributed by atoms with Crippen molar-refractivity contribution in [1.82, 2.24) is 15.5 Å². The molecule has 1 fully saturated rings. The van der Waals surface area contributed by atoms with Crippen molar-refractivity contribution in [2.75, 3.05) is 19.6 Å². The predicted molar refractivity (Wildman–Crippen MR) is 90.0 cm³/mol. The van der Waals surface area contributed by atoms with Gasteiger partial charge in [0.25, 0.3) is 17.7 Å². The van der Waals surface area contributed by atoms with Crippen LogP contribution >= 0.6 is 0 Å². The van der Waals surface area contributed by atoms with E-state index in [1.54, 1.807) is 6.07 Å². The zero-order valence-corrected chi connectivity index (χ0v) is 14.1. The lowest BCUT2D eigenvalue weighted by molar-refractivity contribution is 0.0878. The maximum Gasteiger partial charge on any atom is 0.258 e. The Morgan fingerprint density at radius 1 is 1.25 bits per heavy atom. The number of nitrogens with zero attached hydrogens (tertiary/aromatic N) is 1. The average Bonchev–Trinajstić information content (AvgIpc) is 2.87. The number of likely N-dealkylation sites (tertiary alicyclic amines) is 1. The Hall–Kier alpha value is -2.21. The molecular weight excluding hydrogens is 306 g/mol. The number of piperidine rings is 1. The van der Waals surface area contributed by atoms with Gasteiger partial charge in [-0.3, -0.25) is 24.6 Å². The summed E-state index contributed by atoms with van der Waals surface area (Å²) >= 11 is 0. The molecule has 6 heteroatoms. The van der Waals surface area contributed by atoms with Crippen LogP contribution in [0.15, 0.2) is 18.2 Å². The Kier molecular flexibility index (Phi) is 4.66. The summed E-state index contributed by atoms with van der Waals surface area (Å²) in [5, 5.41) is 5.16. The molecule has 0 aliphatic carbocycles. The van der Waals surface area contributed by atoms with E-state index < -0.39 is 11.8 Å². The first kappa shape index (κ1) is 16.6. The third kappa shape index (κ3) is 3.33. The summed E-state index contributed by atoms with van der Waals surface area (Å²) in [6, 6.07) is 4.87. The highest BCUT2D eigenvalue weighted by Gasteiger charge is 2.27. The van der Waals surface area contributed by atoms with E-state index in [1.165, 1.54) is 25.0 Å². The highest BCUT2D eigenvalue weighted by Crippen LogP contribution is 2.19. The number of fused-ring (bicyclic) bond motifs is 1. The Labute approximate surface area is 141 Å². The minimum atomic E-state index is -0.444. The summed E-state index contributed by atoms with van der Waals surface area (Å²) in [4.78, 5) is 37.9. The van der Waals surface area contributed by atoms with E-state index in [-0.39, 0.29) is 17.5 Å². The van der Waals surface area contributed by atoms with Gasteiger partial charge < -0.3 is 5.32 Å². The molecule has 3 rings (SSSR count). The molecule has 1 atom stereocenters. The molecule has 2 N–H and O–H groups in total. The molecule has 6 nitrogen and oxygen atoms in total. The van der Waals surface area contributed by atoms with Crippen LogP contribution < -0.4 is 10.6 Å². The van der Waals surface area contributed by atoms with Crippen LogP contribution in [0.25, 0.3) is 0 Å². The van der Waals surface area contributed by atoms with Crippen LogP contribution in [-0.4, -0.2) is 48.3 Å². The van der Waals surface area contributed by atoms with Gasteiger partial charge in [0, 0.05) is 18.2 Å². The molecule has 2 heterocycles. The Balaban J connectivity index is 1.59. The molecule has 128 valence electrons. The second kappa shape index (κ2) is 6.73. The molecule has 0 aromatic heterocycles. The van der Waals surface area contributed by atoms with E-state index in [2.05, 4.69) is 29.4 Å². The van der Waals surface area contributed by atoms with Crippen LogP contribution in [-0.2, 0) is 0 Å². The van der Waals surface area contributed by atoms with E-state index in [1.807, 2.05) is 0 Å². The van der Waals surface area contributed by atoms with Crippen molar-refractivity contribution < 1.29 is 14.4 Å². The van der Waals surface area contributed by atoms with Gasteiger partial charge in [0.05, 0.1) is 11.1 Å². The van der Waals surface area contributed by atoms with Crippen molar-refractivity contribution in [2.24, 2.45) is 5.92 Å². The summed E-state index contributed by atoms with van der Waals surface area (Å²) in [6.45, 7) is 7.09. The molecule has 0 unspecified atom stereocenters. The summed E-state index contributed by atoms with van der Waals surface area (Å²) in [6.07, 6.45) is 2.40. The lowest BCUT2D eigenvalue weighted by Gasteiger charge is -2.35. The summed E-state index contributed by atoms with van der Waals surface area (Å²) in [5.74, 6) is -0.291. The number of benzene rings is 1. The minimum absolute atomic E-state index is 0.220. The Morgan fingerprint density at radius 3 is 2.62 bits per heavy atom. The number of hydrogen-bond acceptors (Lipinski definition) is 4. The van der Waals surface area contributed by atoms with Gasteiger partial charge in [0.1, 0.15) is 0 Å². The summed E-state index contributed by atoms with van der Waals surface area (Å²) in [7, 11) is 0. The fraction of sp³-hybridized carbons (Fsp3) is 0.500. The Morgan fingerprint density at radius 2 is 1.92 bits per heavy atom. The molecule has 2 aliphatic heterocycles. The summed E-state index contributed by atoms with van der Waals surface area (Å²) < 4.78 is 0. The predicted octanol–water partition coefficient (Wildman–Crippen LogP) is 1.42. The van der Waals surface area contributed by atoms with E-state index in [0.29, 0.717) is 17.7 Å². The molecule has 3 amide bonds. The van der Waals surface area contributed by atoms with Gasteiger partial charge in [-0.25, -0.2) is 0 Å². The number of imide groups is 1. The molecule has 0 bridgehead atoms. The topological polar surface area (TPSA) is 78.5 Å². The van der Waals surface area contributed by atoms with Gasteiger partial charge in [-0.05, 0) is 57.0 Å². The zero-order chi connectivity index (χ0) is 17.3. The van der Waals surface area contributed by atoms with Gasteiger partial charge in [0.15, 0.2) is 0 Å². The molecule has 0 radical (unpaired) electrons. The quantitative estimate of drug-likeness (QED) is 0.819. The maximum absolute atomic E-state index is 12.3. The van der Waals surface area contributed by atoms with Crippen LogP contribution in [0.2, 0.25) is 0 Å². The fourth-order valence-electron chi connectivity index (χ4n) is 3.25. The number of rotatable bonds is 4. The standard InChI is InChI=1S/C18H23N3O3/c1-11-5-7-21(8-6-11)12(2)10-19-16(22)13-3-4-14-15(9-13)18(24)20-17(14)23/h3-4,9,11-12H,5-8,10H2,1-2H3,(H,19,22)(H,20,23,24)/t12-/m1/s1. The second-order valence-corrected chi connectivity index (χ2v) is 6.82. The highest BCUT2D eigenvalue weighted by molar-refractivity contribution is 6.22. The monoisotopic (exact) mass is 329 g/mol. The lowest BCUT2D eigenvalue weighted by atomic mass is 9.98. The third-order valence-electron chi connectivity index (χ3n) is 5.00. The number of carbonyl (C=O) groups excluding carboxylic acids is 3. The number of amides is 3. The summed E-state index contributed by atoms with van der Waals surface area (Å²) in [5.41, 5.74) is 0.996. The van der Waals surface area contributed by atoms with Crippen molar-refractivity contribution in [2.45, 2.75) is 32.7 Å². The molecule has 2 aliphatic rings. The van der Waals surface area contributed by atoms with Gasteiger partial charge >= 0.3 is 0 Å². The second-order valence-electron chi connectivity index (χ2n) is 6.82. The van der Waals surface area contributed by atoms with Crippen LogP contribution in [0.3, 0.4) is 0 Å². The first-order valence-corrected chi connectivity index (χ1v) is 8.47. The number of carbonyl (C=O) groups is 3. The van der Waals surface area contributed by atoms with Crippen LogP contribution in [0.5, 0.6) is 0 Å². The normalized spacial score (nSPS) is 19.8. The number of hydrogen-bond donors (Lipinski definition) is 2. The minimum Gasteiger partial charge on any atom is -0.350 e. The van der Waals surface area contributed by atoms with Crippen LogP contribution in [0.4, 0.5) is 0 Å². The average molecular weight is 329 g/mol. The van der Waals surface area contributed by atoms with Gasteiger partial charge in [0.2, 0.25) is 0 Å². The third-order valence-corrected chi connectivity index (χ3v) is 5.00. The lowest BCUT2D eigenvalue weighted by Crippen LogP contribution is -2.45. The largest absolute Gasteiger partial charge is 0.350 e. The van der Waals surface area contributed by atoms with Crippen molar-refractivity contribution in [1.29, 1.82) is 0 Å². The maximum atomic E-state index is 12.3. The fourth-order valence-corrected chi connectivity index (χ4v) is 3.25. The van der Waals surface area contributed by atoms with Crippen molar-refractivity contribution >= 4 is 17.7 Å². The number of nitrogens with one attached hydrogen (secondary N) is 2. The van der Waals surface area contributed by atoms with E-state index in [9.17, 15) is 14.4 Å². The highest BCUT2D eigenvalue weighted by atomic mass is 16.2. The molecule has 1 aromatic rings. The smallest absolute Gasteiger partial charge is 0.258 e. The molecule has 24 heavy (non-hydrogen) atoms. The van der Waals surface area contributed by atoms with Crippen molar-refractivity contribution in [3.8, 4) is 0 Å². The van der Waals surface area contributed by atoms with Crippen molar-refractivity contribution in [3.63, 3.8) is 0 Å². The Bertz CT molecular complexity index is 678. The SMILES string of the molecule is CC1CCN([C@H](C)CNC(=O)c2ccc3c(c2)C(=O)NC3=O)CC1. The molecule has 1 aromatic carbocycles. The molecule has 0 saturated carbocycles. The van der Waals surface area contributed by atoms with Crippen molar-refractivity contribution in [3.05, 3.63) is 34.9 Å². The van der Waals surface area contributed by atoms with Crippen LogP contribution in [0, 0.1) is 5.92 Å². The van der Waals surface area contributed by atoms with E-state index in [0.717, 1.165) is 19.0 Å². The van der Waals surface area contributed by atoms with E-state index in [4.69, 9.17) is 0 Å². The zero-order valence-electron chi connectivity index (χ0n) is 14.1. The van der Waals surface area contributed by atoms with Gasteiger partial charge in [-0.1, -0.05) is 6.92 Å². The van der Waals surface area contributed by atoms with Gasteiger partial charge in [-0.2, -0.15) is 0 Å². The first-order chi connectivity index (χ1) is 11.5. The van der Waals surface area contributed by atoms with Gasteiger partial charge in [-0.15, -0.1) is 0 Å². The van der Waals surface area contributed by atoms with Crippen LogP contribution in [0.1, 0.15) is 57.8 Å². The molecule has 1 saturated heterocycles. The molecular formula is C18H23N3O3. The molecule has 0 spiro atoms. The van der Waals surface area contributed by atoms with E-state index >= 15 is 0 Å². The first-order valence-electron chi connectivity index (χ1n) is 8.47.